The molecule has 0 bridgehead atoms. The Bertz CT molecular complexity index is 911. The topological polar surface area (TPSA) is 75.1 Å². The minimum Gasteiger partial charge on any atom is -0.363 e. The van der Waals surface area contributed by atoms with Gasteiger partial charge in [-0.05, 0) is 25.1 Å². The fourth-order valence-electron chi connectivity index (χ4n) is 2.66. The zero-order valence-electron chi connectivity index (χ0n) is 15.9. The molecule has 0 spiro atoms. The van der Waals surface area contributed by atoms with E-state index in [1.165, 1.54) is 6.33 Å². The molecule has 138 valence electrons. The molecule has 3 rings (SSSR count). The molecule has 0 aliphatic carbocycles. The number of amides is 1. The minimum absolute atomic E-state index is 0.0654. The van der Waals surface area contributed by atoms with E-state index in [4.69, 9.17) is 0 Å². The van der Waals surface area contributed by atoms with E-state index >= 15 is 0 Å². The first-order chi connectivity index (χ1) is 13.0. The van der Waals surface area contributed by atoms with Crippen LogP contribution in [0.3, 0.4) is 0 Å². The Balaban J connectivity index is 1.78. The van der Waals surface area contributed by atoms with Crippen LogP contribution in [0, 0.1) is 0 Å². The molecule has 1 atom stereocenters. The first-order valence-electron chi connectivity index (χ1n) is 8.60. The lowest BCUT2D eigenvalue weighted by Gasteiger charge is -2.24. The van der Waals surface area contributed by atoms with Crippen LogP contribution >= 0.6 is 0 Å². The molecule has 0 aliphatic heterocycles. The van der Waals surface area contributed by atoms with Crippen LogP contribution in [0.1, 0.15) is 29.0 Å². The van der Waals surface area contributed by atoms with Crippen LogP contribution in [0.5, 0.6) is 0 Å². The van der Waals surface area contributed by atoms with Crippen LogP contribution in [0.4, 0.5) is 5.82 Å². The van der Waals surface area contributed by atoms with Gasteiger partial charge >= 0.3 is 0 Å². The Hall–Kier alpha value is -3.35. The maximum absolute atomic E-state index is 12.8. The Morgan fingerprint density at radius 3 is 2.33 bits per heavy atom. The predicted molar refractivity (Wildman–Crippen MR) is 104 cm³/mol. The third-order valence-electron chi connectivity index (χ3n) is 4.47. The van der Waals surface area contributed by atoms with Gasteiger partial charge in [0.25, 0.3) is 5.91 Å². The van der Waals surface area contributed by atoms with E-state index in [0.29, 0.717) is 5.56 Å². The Morgan fingerprint density at radius 2 is 1.70 bits per heavy atom. The number of rotatable bonds is 5. The monoisotopic (exact) mass is 362 g/mol. The second-order valence-corrected chi connectivity index (χ2v) is 6.46. The van der Waals surface area contributed by atoms with Crippen molar-refractivity contribution in [3.63, 3.8) is 0 Å². The molecule has 2 aromatic heterocycles. The number of hydrogen-bond acceptors (Lipinski definition) is 6. The van der Waals surface area contributed by atoms with Gasteiger partial charge in [0.2, 0.25) is 0 Å². The number of nitrogens with zero attached hydrogens (tertiary/aromatic N) is 6. The Morgan fingerprint density at radius 1 is 0.963 bits per heavy atom. The van der Waals surface area contributed by atoms with E-state index in [1.54, 1.807) is 24.5 Å². The summed E-state index contributed by atoms with van der Waals surface area (Å²) < 4.78 is 0. The van der Waals surface area contributed by atoms with Crippen molar-refractivity contribution >= 4 is 11.7 Å². The fourth-order valence-corrected chi connectivity index (χ4v) is 2.66. The van der Waals surface area contributed by atoms with Crippen molar-refractivity contribution in [3.05, 3.63) is 66.5 Å². The average Bonchev–Trinajstić information content (AvgIpc) is 2.73. The first kappa shape index (κ1) is 18.4. The summed E-state index contributed by atoms with van der Waals surface area (Å²) in [6.07, 6.45) is 4.71. The van der Waals surface area contributed by atoms with Crippen molar-refractivity contribution in [1.82, 2.24) is 24.8 Å². The van der Waals surface area contributed by atoms with Gasteiger partial charge in [-0.15, -0.1) is 0 Å². The fraction of sp³-hybridized carbons (Fsp3) is 0.250. The molecule has 0 aliphatic rings. The number of hydrogen-bond donors (Lipinski definition) is 0. The minimum atomic E-state index is -0.148. The lowest BCUT2D eigenvalue weighted by atomic mass is 10.1. The molecule has 1 unspecified atom stereocenters. The maximum Gasteiger partial charge on any atom is 0.254 e. The van der Waals surface area contributed by atoms with Gasteiger partial charge in [-0.2, -0.15) is 0 Å². The summed E-state index contributed by atoms with van der Waals surface area (Å²) >= 11 is 0. The molecule has 2 heterocycles. The van der Waals surface area contributed by atoms with Gasteiger partial charge in [0.1, 0.15) is 18.5 Å². The zero-order chi connectivity index (χ0) is 19.4. The van der Waals surface area contributed by atoms with Crippen molar-refractivity contribution < 1.29 is 4.79 Å². The summed E-state index contributed by atoms with van der Waals surface area (Å²) in [6.45, 7) is 1.94. The standard InChI is InChI=1S/C20H22N6O/c1-14(17-9-10-21-12-22-17)26(4)20(27)16-7-5-15(6-8-16)18-11-19(25(2)3)24-13-23-18/h5-14H,1-4H3. The first-order valence-corrected chi connectivity index (χ1v) is 8.60. The van der Waals surface area contributed by atoms with E-state index in [-0.39, 0.29) is 11.9 Å². The molecular weight excluding hydrogens is 340 g/mol. The summed E-state index contributed by atoms with van der Waals surface area (Å²) in [5.41, 5.74) is 3.16. The van der Waals surface area contributed by atoms with E-state index in [9.17, 15) is 4.79 Å². The lowest BCUT2D eigenvalue weighted by molar-refractivity contribution is 0.0739. The molecule has 7 heteroatoms. The van der Waals surface area contributed by atoms with Gasteiger partial charge in [-0.25, -0.2) is 19.9 Å². The maximum atomic E-state index is 12.8. The van der Waals surface area contributed by atoms with Gasteiger partial charge in [0, 0.05) is 44.5 Å². The van der Waals surface area contributed by atoms with Crippen molar-refractivity contribution in [2.75, 3.05) is 26.0 Å². The molecule has 0 N–H and O–H groups in total. The SMILES string of the molecule is CC(c1ccncn1)N(C)C(=O)c1ccc(-c2cc(N(C)C)ncn2)cc1. The lowest BCUT2D eigenvalue weighted by Crippen LogP contribution is -2.30. The zero-order valence-corrected chi connectivity index (χ0v) is 15.9. The second kappa shape index (κ2) is 7.90. The molecule has 27 heavy (non-hydrogen) atoms. The van der Waals surface area contributed by atoms with Gasteiger partial charge in [0.05, 0.1) is 17.4 Å². The highest BCUT2D eigenvalue weighted by Crippen LogP contribution is 2.22. The second-order valence-electron chi connectivity index (χ2n) is 6.46. The molecule has 7 nitrogen and oxygen atoms in total. The number of aromatic nitrogens is 4. The smallest absolute Gasteiger partial charge is 0.254 e. The molecule has 0 saturated carbocycles. The molecule has 0 fully saturated rings. The summed E-state index contributed by atoms with van der Waals surface area (Å²) in [6, 6.07) is 11.0. The quantitative estimate of drug-likeness (QED) is 0.695. The van der Waals surface area contributed by atoms with E-state index in [2.05, 4.69) is 19.9 Å². The van der Waals surface area contributed by atoms with Crippen molar-refractivity contribution in [1.29, 1.82) is 0 Å². The van der Waals surface area contributed by atoms with Crippen molar-refractivity contribution in [3.8, 4) is 11.3 Å². The van der Waals surface area contributed by atoms with Gasteiger partial charge < -0.3 is 9.80 Å². The third kappa shape index (κ3) is 4.08. The summed E-state index contributed by atoms with van der Waals surface area (Å²) in [5, 5.41) is 0. The van der Waals surface area contributed by atoms with Crippen LogP contribution in [0.25, 0.3) is 11.3 Å². The average molecular weight is 362 g/mol. The van der Waals surface area contributed by atoms with E-state index in [0.717, 1.165) is 22.8 Å². The van der Waals surface area contributed by atoms with Crippen molar-refractivity contribution in [2.45, 2.75) is 13.0 Å². The predicted octanol–water partition coefficient (Wildman–Crippen LogP) is 2.83. The third-order valence-corrected chi connectivity index (χ3v) is 4.47. The highest BCUT2D eigenvalue weighted by atomic mass is 16.2. The molecule has 3 aromatic rings. The van der Waals surface area contributed by atoms with Crippen LogP contribution in [-0.2, 0) is 0 Å². The Kier molecular flexibility index (Phi) is 5.40. The molecular formula is C20H22N6O. The van der Waals surface area contributed by atoms with Crippen molar-refractivity contribution in [2.24, 2.45) is 0 Å². The number of anilines is 1. The largest absolute Gasteiger partial charge is 0.363 e. The Labute approximate surface area is 158 Å². The molecule has 1 amide bonds. The van der Waals surface area contributed by atoms with Crippen LogP contribution in [0.2, 0.25) is 0 Å². The number of carbonyl (C=O) groups is 1. The van der Waals surface area contributed by atoms with Crippen LogP contribution in [-0.4, -0.2) is 51.9 Å². The van der Waals surface area contributed by atoms with E-state index in [1.807, 2.05) is 62.3 Å². The van der Waals surface area contributed by atoms with E-state index < -0.39 is 0 Å². The highest BCUT2D eigenvalue weighted by molar-refractivity contribution is 5.94. The summed E-state index contributed by atoms with van der Waals surface area (Å²) in [5.74, 6) is 0.767. The van der Waals surface area contributed by atoms with Crippen LogP contribution in [0.15, 0.2) is 55.2 Å². The number of benzene rings is 1. The molecule has 0 saturated heterocycles. The normalized spacial score (nSPS) is 11.7. The molecule has 1 aromatic carbocycles. The van der Waals surface area contributed by atoms with Gasteiger partial charge in [-0.1, -0.05) is 12.1 Å². The van der Waals surface area contributed by atoms with Gasteiger partial charge in [-0.3, -0.25) is 4.79 Å². The highest BCUT2D eigenvalue weighted by Gasteiger charge is 2.19. The number of carbonyl (C=O) groups excluding carboxylic acids is 1. The van der Waals surface area contributed by atoms with Crippen LogP contribution < -0.4 is 4.90 Å². The van der Waals surface area contributed by atoms with Gasteiger partial charge in [0.15, 0.2) is 0 Å². The summed E-state index contributed by atoms with van der Waals surface area (Å²) in [7, 11) is 5.64. The summed E-state index contributed by atoms with van der Waals surface area (Å²) in [4.78, 5) is 33.1. The molecule has 0 radical (unpaired) electrons.